The van der Waals surface area contributed by atoms with Gasteiger partial charge in [0, 0.05) is 5.69 Å². The van der Waals surface area contributed by atoms with Crippen LogP contribution in [0.2, 0.25) is 0 Å². The minimum Gasteiger partial charge on any atom is -0.488 e. The second kappa shape index (κ2) is 8.71. The summed E-state index contributed by atoms with van der Waals surface area (Å²) in [7, 11) is 0. The van der Waals surface area contributed by atoms with Crippen LogP contribution in [0.3, 0.4) is 0 Å². The maximum absolute atomic E-state index is 12.1. The van der Waals surface area contributed by atoms with Crippen molar-refractivity contribution in [1.82, 2.24) is 0 Å². The lowest BCUT2D eigenvalue weighted by Gasteiger charge is -2.19. The number of nitrogens with one attached hydrogen (secondary N) is 1. The average molecular weight is 369 g/mol. The number of hydrogen-bond acceptors (Lipinski definition) is 4. The Morgan fingerprint density at radius 1 is 1.11 bits per heavy atom. The van der Waals surface area contributed by atoms with Gasteiger partial charge in [0.15, 0.2) is 6.29 Å². The Labute approximate surface area is 160 Å². The van der Waals surface area contributed by atoms with Gasteiger partial charge in [0.05, 0.1) is 12.2 Å². The van der Waals surface area contributed by atoms with E-state index in [4.69, 9.17) is 9.47 Å². The van der Waals surface area contributed by atoms with Crippen molar-refractivity contribution in [3.8, 4) is 5.75 Å². The van der Waals surface area contributed by atoms with Gasteiger partial charge >= 0.3 is 6.09 Å². The number of para-hydroxylation sites is 1. The lowest BCUT2D eigenvalue weighted by atomic mass is 9.99. The molecular formula is C22H27NO4. The third-order valence-electron chi connectivity index (χ3n) is 3.99. The van der Waals surface area contributed by atoms with E-state index in [1.165, 1.54) is 0 Å². The van der Waals surface area contributed by atoms with E-state index in [2.05, 4.69) is 5.32 Å². The number of ether oxygens (including phenoxy) is 2. The Hall–Kier alpha value is -2.82. The molecule has 0 saturated heterocycles. The van der Waals surface area contributed by atoms with Crippen LogP contribution in [0.5, 0.6) is 5.75 Å². The zero-order chi connectivity index (χ0) is 20.0. The summed E-state index contributed by atoms with van der Waals surface area (Å²) in [6, 6.07) is 11.0. The molecule has 0 aliphatic rings. The lowest BCUT2D eigenvalue weighted by molar-refractivity contribution is 0.111. The highest BCUT2D eigenvalue weighted by molar-refractivity contribution is 5.86. The fraction of sp³-hybridized carbons (Fsp3) is 0.364. The number of aryl methyl sites for hydroxylation is 2. The zero-order valence-electron chi connectivity index (χ0n) is 16.6. The predicted molar refractivity (Wildman–Crippen MR) is 107 cm³/mol. The number of hydrogen-bond donors (Lipinski definition) is 1. The van der Waals surface area contributed by atoms with E-state index in [1.54, 1.807) is 18.2 Å². The molecule has 0 saturated carbocycles. The molecular weight excluding hydrogens is 342 g/mol. The quantitative estimate of drug-likeness (QED) is 0.703. The average Bonchev–Trinajstić information content (AvgIpc) is 2.61. The van der Waals surface area contributed by atoms with Gasteiger partial charge in [0.2, 0.25) is 0 Å². The molecule has 144 valence electrons. The number of benzene rings is 2. The highest BCUT2D eigenvalue weighted by Gasteiger charge is 2.15. The standard InChI is InChI=1S/C22H27NO4/c1-15-10-16(2)19(23-21(25)27-14-22(3,4)5)11-18(15)13-26-20-9-7-6-8-17(20)12-24/h6-12H,13-14H2,1-5H3,(H,23,25). The van der Waals surface area contributed by atoms with Crippen molar-refractivity contribution in [2.45, 2.75) is 41.2 Å². The van der Waals surface area contributed by atoms with E-state index < -0.39 is 6.09 Å². The fourth-order valence-electron chi connectivity index (χ4n) is 2.48. The molecule has 1 N–H and O–H groups in total. The van der Waals surface area contributed by atoms with E-state index in [1.807, 2.05) is 52.8 Å². The van der Waals surface area contributed by atoms with Crippen LogP contribution >= 0.6 is 0 Å². The van der Waals surface area contributed by atoms with Crippen molar-refractivity contribution in [2.75, 3.05) is 11.9 Å². The van der Waals surface area contributed by atoms with Crippen LogP contribution in [0.15, 0.2) is 36.4 Å². The molecule has 0 fully saturated rings. The van der Waals surface area contributed by atoms with E-state index in [-0.39, 0.29) is 5.41 Å². The number of amides is 1. The van der Waals surface area contributed by atoms with Crippen LogP contribution in [0.1, 0.15) is 47.8 Å². The Bertz CT molecular complexity index is 822. The molecule has 0 atom stereocenters. The molecule has 0 aromatic heterocycles. The van der Waals surface area contributed by atoms with Crippen LogP contribution in [0, 0.1) is 19.3 Å². The lowest BCUT2D eigenvalue weighted by Crippen LogP contribution is -2.22. The molecule has 2 aromatic carbocycles. The smallest absolute Gasteiger partial charge is 0.411 e. The molecule has 2 rings (SSSR count). The number of rotatable bonds is 6. The van der Waals surface area contributed by atoms with Gasteiger partial charge in [-0.05, 0) is 54.2 Å². The van der Waals surface area contributed by atoms with E-state index in [0.29, 0.717) is 30.2 Å². The first-order valence-corrected chi connectivity index (χ1v) is 8.90. The number of carbonyl (C=O) groups excluding carboxylic acids is 2. The van der Waals surface area contributed by atoms with E-state index >= 15 is 0 Å². The summed E-state index contributed by atoms with van der Waals surface area (Å²) in [5.41, 5.74) is 4.01. The molecule has 0 heterocycles. The van der Waals surface area contributed by atoms with Gasteiger partial charge < -0.3 is 9.47 Å². The Balaban J connectivity index is 2.11. The topological polar surface area (TPSA) is 64.6 Å². The SMILES string of the molecule is Cc1cc(C)c(NC(=O)OCC(C)(C)C)cc1COc1ccccc1C=O. The number of anilines is 1. The third kappa shape index (κ3) is 6.13. The van der Waals surface area contributed by atoms with Crippen LogP contribution in [0.4, 0.5) is 10.5 Å². The molecule has 0 spiro atoms. The number of carbonyl (C=O) groups is 2. The van der Waals surface area contributed by atoms with Crippen LogP contribution in [-0.4, -0.2) is 19.0 Å². The van der Waals surface area contributed by atoms with E-state index in [0.717, 1.165) is 23.0 Å². The van der Waals surface area contributed by atoms with Crippen molar-refractivity contribution >= 4 is 18.1 Å². The Morgan fingerprint density at radius 3 is 2.48 bits per heavy atom. The molecule has 0 unspecified atom stereocenters. The Morgan fingerprint density at radius 2 is 1.81 bits per heavy atom. The summed E-state index contributed by atoms with van der Waals surface area (Å²) in [5.74, 6) is 0.534. The maximum atomic E-state index is 12.1. The van der Waals surface area contributed by atoms with Gasteiger partial charge in [0.1, 0.15) is 12.4 Å². The minimum absolute atomic E-state index is 0.0926. The molecule has 0 radical (unpaired) electrons. The molecule has 5 nitrogen and oxygen atoms in total. The summed E-state index contributed by atoms with van der Waals surface area (Å²) in [4.78, 5) is 23.2. The second-order valence-corrected chi connectivity index (χ2v) is 7.80. The van der Waals surface area contributed by atoms with Crippen molar-refractivity contribution in [3.63, 3.8) is 0 Å². The minimum atomic E-state index is -0.477. The van der Waals surface area contributed by atoms with Gasteiger partial charge in [-0.1, -0.05) is 39.0 Å². The molecule has 1 amide bonds. The van der Waals surface area contributed by atoms with Gasteiger partial charge in [-0.2, -0.15) is 0 Å². The first kappa shape index (κ1) is 20.5. The Kier molecular flexibility index (Phi) is 6.61. The van der Waals surface area contributed by atoms with Gasteiger partial charge in [0.25, 0.3) is 0 Å². The van der Waals surface area contributed by atoms with Crippen molar-refractivity contribution < 1.29 is 19.1 Å². The first-order chi connectivity index (χ1) is 12.7. The van der Waals surface area contributed by atoms with Crippen molar-refractivity contribution in [3.05, 3.63) is 58.7 Å². The van der Waals surface area contributed by atoms with E-state index in [9.17, 15) is 9.59 Å². The maximum Gasteiger partial charge on any atom is 0.411 e. The summed E-state index contributed by atoms with van der Waals surface area (Å²) in [6.45, 7) is 10.6. The normalized spacial score (nSPS) is 11.0. The molecule has 0 aliphatic heterocycles. The molecule has 0 bridgehead atoms. The molecule has 5 heteroatoms. The van der Waals surface area contributed by atoms with Crippen molar-refractivity contribution in [2.24, 2.45) is 5.41 Å². The van der Waals surface area contributed by atoms with Crippen LogP contribution < -0.4 is 10.1 Å². The van der Waals surface area contributed by atoms with Gasteiger partial charge in [-0.3, -0.25) is 10.1 Å². The summed E-state index contributed by atoms with van der Waals surface area (Å²) >= 11 is 0. The number of aldehydes is 1. The molecule has 27 heavy (non-hydrogen) atoms. The molecule has 2 aromatic rings. The van der Waals surface area contributed by atoms with Crippen LogP contribution in [-0.2, 0) is 11.3 Å². The third-order valence-corrected chi connectivity index (χ3v) is 3.99. The predicted octanol–water partition coefficient (Wildman–Crippen LogP) is 5.29. The fourth-order valence-corrected chi connectivity index (χ4v) is 2.48. The van der Waals surface area contributed by atoms with Crippen molar-refractivity contribution in [1.29, 1.82) is 0 Å². The summed E-state index contributed by atoms with van der Waals surface area (Å²) < 4.78 is 11.1. The largest absolute Gasteiger partial charge is 0.488 e. The highest BCUT2D eigenvalue weighted by atomic mass is 16.5. The van der Waals surface area contributed by atoms with Gasteiger partial charge in [-0.15, -0.1) is 0 Å². The van der Waals surface area contributed by atoms with Crippen LogP contribution in [0.25, 0.3) is 0 Å². The first-order valence-electron chi connectivity index (χ1n) is 8.90. The van der Waals surface area contributed by atoms with Gasteiger partial charge in [-0.25, -0.2) is 4.79 Å². The highest BCUT2D eigenvalue weighted by Crippen LogP contribution is 2.24. The zero-order valence-corrected chi connectivity index (χ0v) is 16.6. The monoisotopic (exact) mass is 369 g/mol. The molecule has 0 aliphatic carbocycles. The summed E-state index contributed by atoms with van der Waals surface area (Å²) in [6.07, 6.45) is 0.297. The summed E-state index contributed by atoms with van der Waals surface area (Å²) in [5, 5.41) is 2.80. The second-order valence-electron chi connectivity index (χ2n) is 7.80.